The maximum absolute atomic E-state index is 12.8. The lowest BCUT2D eigenvalue weighted by atomic mass is 9.89. The van der Waals surface area contributed by atoms with Gasteiger partial charge in [-0.1, -0.05) is 34.6 Å². The third kappa shape index (κ3) is 2.69. The van der Waals surface area contributed by atoms with Crippen molar-refractivity contribution in [3.05, 3.63) is 20.8 Å². The molecule has 0 atom stereocenters. The number of hydrogen-bond donors (Lipinski definition) is 0. The Morgan fingerprint density at radius 2 is 1.76 bits per heavy atom. The summed E-state index contributed by atoms with van der Waals surface area (Å²) in [6, 6.07) is 0. The van der Waals surface area contributed by atoms with Gasteiger partial charge in [-0.2, -0.15) is 10.1 Å². The highest BCUT2D eigenvalue weighted by atomic mass is 16.2. The van der Waals surface area contributed by atoms with E-state index in [-0.39, 0.29) is 16.7 Å². The number of aromatic nitrogens is 4. The molecule has 0 radical (unpaired) electrons. The van der Waals surface area contributed by atoms with Gasteiger partial charge in [0.1, 0.15) is 0 Å². The van der Waals surface area contributed by atoms with Crippen LogP contribution >= 0.6 is 0 Å². The Labute approximate surface area is 146 Å². The summed E-state index contributed by atoms with van der Waals surface area (Å²) in [5.41, 5.74) is 1.01. The minimum absolute atomic E-state index is 0.130. The Balaban J connectivity index is 2.34. The molecule has 1 aliphatic heterocycles. The molecule has 2 aromatic heterocycles. The lowest BCUT2D eigenvalue weighted by Gasteiger charge is -2.32. The summed E-state index contributed by atoms with van der Waals surface area (Å²) in [5.74, 6) is 0.998. The highest BCUT2D eigenvalue weighted by Crippen LogP contribution is 2.29. The first kappa shape index (κ1) is 17.4. The van der Waals surface area contributed by atoms with Crippen LogP contribution in [0.25, 0.3) is 11.2 Å². The Morgan fingerprint density at radius 1 is 1.12 bits per heavy atom. The van der Waals surface area contributed by atoms with E-state index in [1.54, 1.807) is 7.05 Å². The van der Waals surface area contributed by atoms with Crippen LogP contribution in [0, 0.1) is 11.3 Å². The molecule has 0 aliphatic carbocycles. The van der Waals surface area contributed by atoms with Crippen LogP contribution in [0.15, 0.2) is 14.7 Å². The molecule has 0 spiro atoms. The zero-order valence-corrected chi connectivity index (χ0v) is 16.0. The number of hydrogen-bond acceptors (Lipinski definition) is 5. The molecule has 8 heteroatoms. The van der Waals surface area contributed by atoms with Crippen LogP contribution < -0.4 is 16.3 Å². The second-order valence-electron chi connectivity index (χ2n) is 8.15. The topological polar surface area (TPSA) is 77.4 Å². The molecule has 136 valence electrons. The lowest BCUT2D eigenvalue weighted by Crippen LogP contribution is -2.40. The summed E-state index contributed by atoms with van der Waals surface area (Å²) in [5, 5.41) is 6.66. The fourth-order valence-corrected chi connectivity index (χ4v) is 3.01. The first-order valence-corrected chi connectivity index (χ1v) is 8.54. The first-order chi connectivity index (χ1) is 11.5. The zero-order valence-electron chi connectivity index (χ0n) is 16.0. The van der Waals surface area contributed by atoms with Crippen LogP contribution in [0.5, 0.6) is 0 Å². The fourth-order valence-electron chi connectivity index (χ4n) is 3.01. The van der Waals surface area contributed by atoms with Crippen molar-refractivity contribution in [3.63, 3.8) is 0 Å². The van der Waals surface area contributed by atoms with E-state index in [1.165, 1.54) is 11.6 Å². The van der Waals surface area contributed by atoms with Crippen molar-refractivity contribution in [2.75, 3.05) is 11.6 Å². The average molecular weight is 346 g/mol. The average Bonchev–Trinajstić information content (AvgIpc) is 2.89. The highest BCUT2D eigenvalue weighted by Gasteiger charge is 2.31. The molecule has 25 heavy (non-hydrogen) atoms. The van der Waals surface area contributed by atoms with Gasteiger partial charge in [-0.3, -0.25) is 18.5 Å². The van der Waals surface area contributed by atoms with Gasteiger partial charge in [0.15, 0.2) is 11.2 Å². The van der Waals surface area contributed by atoms with E-state index < -0.39 is 0 Å². The van der Waals surface area contributed by atoms with E-state index in [9.17, 15) is 9.59 Å². The predicted octanol–water partition coefficient (Wildman–Crippen LogP) is 1.31. The van der Waals surface area contributed by atoms with Crippen LogP contribution in [-0.4, -0.2) is 30.9 Å². The zero-order chi connectivity index (χ0) is 18.7. The van der Waals surface area contributed by atoms with Gasteiger partial charge in [0.25, 0.3) is 5.56 Å². The van der Waals surface area contributed by atoms with Gasteiger partial charge >= 0.3 is 5.69 Å². The Morgan fingerprint density at radius 3 is 2.32 bits per heavy atom. The van der Waals surface area contributed by atoms with Gasteiger partial charge in [-0.25, -0.2) is 9.80 Å². The van der Waals surface area contributed by atoms with Crippen LogP contribution in [0.2, 0.25) is 0 Å². The molecule has 0 saturated heterocycles. The number of fused-ring (bicyclic) bond motifs is 3. The second kappa shape index (κ2) is 5.57. The Bertz CT molecular complexity index is 984. The minimum atomic E-state index is -0.375. The van der Waals surface area contributed by atoms with Crippen LogP contribution in [0.4, 0.5) is 5.95 Å². The molecular weight excluding hydrogens is 320 g/mol. The molecule has 0 amide bonds. The quantitative estimate of drug-likeness (QED) is 0.821. The molecule has 0 aromatic carbocycles. The van der Waals surface area contributed by atoms with E-state index >= 15 is 0 Å². The van der Waals surface area contributed by atoms with Gasteiger partial charge in [0, 0.05) is 26.1 Å². The van der Waals surface area contributed by atoms with Gasteiger partial charge in [0.05, 0.1) is 12.3 Å². The third-order valence-electron chi connectivity index (χ3n) is 4.51. The minimum Gasteiger partial charge on any atom is -0.297 e. The van der Waals surface area contributed by atoms with Crippen molar-refractivity contribution in [2.24, 2.45) is 30.5 Å². The van der Waals surface area contributed by atoms with E-state index in [4.69, 9.17) is 5.10 Å². The SMILES string of the molecule is CC(C)CN1N=C(C(C)(C)C)Cn2c1nc1c2c(=O)n(C)c(=O)n1C. The molecule has 1 aliphatic rings. The first-order valence-electron chi connectivity index (χ1n) is 8.54. The molecule has 0 bridgehead atoms. The summed E-state index contributed by atoms with van der Waals surface area (Å²) in [4.78, 5) is 29.6. The normalized spacial score (nSPS) is 15.0. The second-order valence-corrected chi connectivity index (χ2v) is 8.15. The number of imidazole rings is 1. The number of hydrazone groups is 1. The smallest absolute Gasteiger partial charge is 0.297 e. The number of nitrogens with zero attached hydrogens (tertiary/aromatic N) is 6. The van der Waals surface area contributed by atoms with Gasteiger partial charge < -0.3 is 0 Å². The van der Waals surface area contributed by atoms with Crippen molar-refractivity contribution >= 4 is 22.8 Å². The van der Waals surface area contributed by atoms with Crippen LogP contribution in [-0.2, 0) is 20.6 Å². The molecule has 0 saturated carbocycles. The van der Waals surface area contributed by atoms with Crippen LogP contribution in [0.1, 0.15) is 34.6 Å². The largest absolute Gasteiger partial charge is 0.332 e. The van der Waals surface area contributed by atoms with E-state index in [0.29, 0.717) is 36.1 Å². The van der Waals surface area contributed by atoms with Crippen molar-refractivity contribution in [1.82, 2.24) is 18.7 Å². The molecule has 0 unspecified atom stereocenters. The number of rotatable bonds is 2. The molecule has 2 aromatic rings. The standard InChI is InChI=1S/C17H26N6O2/c1-10(2)8-23-15-18-13-12(14(24)21(7)16(25)20(13)6)22(15)9-11(19-23)17(3,4)5/h10H,8-9H2,1-7H3. The fraction of sp³-hybridized carbons (Fsp3) is 0.647. The monoisotopic (exact) mass is 346 g/mol. The molecule has 3 heterocycles. The maximum atomic E-state index is 12.8. The molecule has 0 N–H and O–H groups in total. The highest BCUT2D eigenvalue weighted by molar-refractivity contribution is 5.93. The summed E-state index contributed by atoms with van der Waals surface area (Å²) in [6.45, 7) is 11.7. The van der Waals surface area contributed by atoms with E-state index in [2.05, 4.69) is 39.6 Å². The summed E-state index contributed by atoms with van der Waals surface area (Å²) in [6.07, 6.45) is 0. The lowest BCUT2D eigenvalue weighted by molar-refractivity contribution is 0.534. The van der Waals surface area contributed by atoms with E-state index in [0.717, 1.165) is 10.3 Å². The maximum Gasteiger partial charge on any atom is 0.332 e. The van der Waals surface area contributed by atoms with E-state index in [1.807, 2.05) is 9.58 Å². The Hall–Kier alpha value is -2.38. The van der Waals surface area contributed by atoms with Crippen molar-refractivity contribution in [1.29, 1.82) is 0 Å². The van der Waals surface area contributed by atoms with Crippen molar-refractivity contribution in [2.45, 2.75) is 41.2 Å². The van der Waals surface area contributed by atoms with Gasteiger partial charge in [-0.05, 0) is 5.92 Å². The Kier molecular flexibility index (Phi) is 3.89. The summed E-state index contributed by atoms with van der Waals surface area (Å²) < 4.78 is 4.45. The molecule has 0 fully saturated rings. The number of anilines is 1. The van der Waals surface area contributed by atoms with Gasteiger partial charge in [0.2, 0.25) is 5.95 Å². The van der Waals surface area contributed by atoms with Gasteiger partial charge in [-0.15, -0.1) is 0 Å². The van der Waals surface area contributed by atoms with Crippen LogP contribution in [0.3, 0.4) is 0 Å². The molecule has 3 rings (SSSR count). The number of aryl methyl sites for hydroxylation is 1. The van der Waals surface area contributed by atoms with Crippen molar-refractivity contribution in [3.8, 4) is 0 Å². The summed E-state index contributed by atoms with van der Waals surface area (Å²) in [7, 11) is 3.14. The predicted molar refractivity (Wildman–Crippen MR) is 99.3 cm³/mol. The molecule has 8 nitrogen and oxygen atoms in total. The molecular formula is C17H26N6O2. The van der Waals surface area contributed by atoms with Crippen molar-refractivity contribution < 1.29 is 0 Å². The summed E-state index contributed by atoms with van der Waals surface area (Å²) >= 11 is 0. The third-order valence-corrected chi connectivity index (χ3v) is 4.51.